The van der Waals surface area contributed by atoms with Gasteiger partial charge in [0, 0.05) is 29.6 Å². The van der Waals surface area contributed by atoms with Crippen LogP contribution < -0.4 is 10.6 Å². The van der Waals surface area contributed by atoms with E-state index in [2.05, 4.69) is 10.6 Å². The van der Waals surface area contributed by atoms with E-state index in [9.17, 15) is 19.5 Å². The summed E-state index contributed by atoms with van der Waals surface area (Å²) in [5.74, 6) is -1.93. The summed E-state index contributed by atoms with van der Waals surface area (Å²) >= 11 is 5.81. The fraction of sp³-hybridized carbons (Fsp3) is 0.167. The zero-order valence-electron chi connectivity index (χ0n) is 13.5. The minimum absolute atomic E-state index is 0.129. The van der Waals surface area contributed by atoms with Crippen LogP contribution in [0.3, 0.4) is 0 Å². The van der Waals surface area contributed by atoms with Crippen molar-refractivity contribution < 1.29 is 19.5 Å². The Balaban J connectivity index is 2.11. The molecule has 0 bridgehead atoms. The van der Waals surface area contributed by atoms with Crippen LogP contribution in [0.5, 0.6) is 0 Å². The highest BCUT2D eigenvalue weighted by Gasteiger charge is 2.21. The van der Waals surface area contributed by atoms with Crippen molar-refractivity contribution in [3.8, 4) is 0 Å². The van der Waals surface area contributed by atoms with Crippen LogP contribution in [0.2, 0.25) is 5.02 Å². The first-order valence-corrected chi connectivity index (χ1v) is 7.88. The second-order valence-electron chi connectivity index (χ2n) is 5.46. The predicted octanol–water partition coefficient (Wildman–Crippen LogP) is 2.72. The largest absolute Gasteiger partial charge is 0.480 e. The number of benzene rings is 2. The molecular formula is C18H17ClN2O4. The van der Waals surface area contributed by atoms with E-state index in [0.29, 0.717) is 10.7 Å². The Labute approximate surface area is 149 Å². The van der Waals surface area contributed by atoms with Crippen molar-refractivity contribution in [2.45, 2.75) is 19.4 Å². The summed E-state index contributed by atoms with van der Waals surface area (Å²) in [6, 6.07) is 11.9. The Morgan fingerprint density at radius 1 is 1.12 bits per heavy atom. The van der Waals surface area contributed by atoms with E-state index < -0.39 is 17.9 Å². The van der Waals surface area contributed by atoms with Crippen molar-refractivity contribution in [2.24, 2.45) is 0 Å². The summed E-state index contributed by atoms with van der Waals surface area (Å²) in [7, 11) is 0. The molecule has 2 rings (SSSR count). The highest BCUT2D eigenvalue weighted by Crippen LogP contribution is 2.13. The van der Waals surface area contributed by atoms with Crippen LogP contribution in [0.15, 0.2) is 48.5 Å². The van der Waals surface area contributed by atoms with Crippen LogP contribution in [-0.2, 0) is 16.0 Å². The molecule has 130 valence electrons. The molecule has 0 unspecified atom stereocenters. The van der Waals surface area contributed by atoms with Crippen LogP contribution in [0, 0.1) is 0 Å². The van der Waals surface area contributed by atoms with E-state index in [-0.39, 0.29) is 17.9 Å². The van der Waals surface area contributed by atoms with Gasteiger partial charge in [-0.1, -0.05) is 29.8 Å². The normalized spacial score (nSPS) is 11.4. The van der Waals surface area contributed by atoms with E-state index in [1.165, 1.54) is 13.0 Å². The molecule has 25 heavy (non-hydrogen) atoms. The lowest BCUT2D eigenvalue weighted by Gasteiger charge is -2.15. The third-order valence-corrected chi connectivity index (χ3v) is 3.65. The summed E-state index contributed by atoms with van der Waals surface area (Å²) in [4.78, 5) is 34.9. The standard InChI is InChI=1S/C18H17ClN2O4/c1-11(22)20-15-4-2-3-13(10-15)17(23)21-16(18(24)25)9-12-5-7-14(19)8-6-12/h2-8,10,16H,9H2,1H3,(H,20,22)(H,21,23)(H,24,25)/t16-/m1/s1. The topological polar surface area (TPSA) is 95.5 Å². The molecule has 1 atom stereocenters. The number of anilines is 1. The van der Waals surface area contributed by atoms with Gasteiger partial charge in [-0.15, -0.1) is 0 Å². The van der Waals surface area contributed by atoms with Crippen molar-refractivity contribution in [3.05, 3.63) is 64.7 Å². The number of aliphatic carboxylic acids is 1. The average Bonchev–Trinajstić information content (AvgIpc) is 2.55. The van der Waals surface area contributed by atoms with Crippen molar-refractivity contribution in [2.75, 3.05) is 5.32 Å². The molecular weight excluding hydrogens is 344 g/mol. The number of hydrogen-bond acceptors (Lipinski definition) is 3. The SMILES string of the molecule is CC(=O)Nc1cccc(C(=O)N[C@H](Cc2ccc(Cl)cc2)C(=O)O)c1. The lowest BCUT2D eigenvalue weighted by atomic mass is 10.1. The number of halogens is 1. The molecule has 2 aromatic rings. The van der Waals surface area contributed by atoms with E-state index in [1.807, 2.05) is 0 Å². The second-order valence-corrected chi connectivity index (χ2v) is 5.89. The molecule has 0 aliphatic heterocycles. The molecule has 2 aromatic carbocycles. The molecule has 0 saturated heterocycles. The third kappa shape index (κ3) is 5.61. The molecule has 3 N–H and O–H groups in total. The molecule has 0 aliphatic rings. The summed E-state index contributed by atoms with van der Waals surface area (Å²) < 4.78 is 0. The van der Waals surface area contributed by atoms with Crippen molar-refractivity contribution in [1.29, 1.82) is 0 Å². The first kappa shape index (κ1) is 18.5. The van der Waals surface area contributed by atoms with Gasteiger partial charge in [0.25, 0.3) is 5.91 Å². The summed E-state index contributed by atoms with van der Waals surface area (Å²) in [5, 5.41) is 15.0. The maximum absolute atomic E-state index is 12.3. The van der Waals surface area contributed by atoms with Crippen LogP contribution in [0.1, 0.15) is 22.8 Å². The van der Waals surface area contributed by atoms with Crippen molar-refractivity contribution in [3.63, 3.8) is 0 Å². The maximum atomic E-state index is 12.3. The summed E-state index contributed by atoms with van der Waals surface area (Å²) in [6.07, 6.45) is 0.129. The molecule has 0 radical (unpaired) electrons. The van der Waals surface area contributed by atoms with Crippen LogP contribution in [-0.4, -0.2) is 28.9 Å². The molecule has 0 aromatic heterocycles. The van der Waals surface area contributed by atoms with Gasteiger partial charge in [0.1, 0.15) is 6.04 Å². The van der Waals surface area contributed by atoms with Crippen LogP contribution in [0.25, 0.3) is 0 Å². The smallest absolute Gasteiger partial charge is 0.326 e. The lowest BCUT2D eigenvalue weighted by molar-refractivity contribution is -0.139. The minimum atomic E-state index is -1.14. The van der Waals surface area contributed by atoms with Gasteiger partial charge in [-0.05, 0) is 35.9 Å². The van der Waals surface area contributed by atoms with Gasteiger partial charge in [0.05, 0.1) is 0 Å². The fourth-order valence-electron chi connectivity index (χ4n) is 2.24. The van der Waals surface area contributed by atoms with Crippen LogP contribution in [0.4, 0.5) is 5.69 Å². The number of rotatable bonds is 6. The number of carbonyl (C=O) groups excluding carboxylic acids is 2. The highest BCUT2D eigenvalue weighted by molar-refractivity contribution is 6.30. The number of carboxylic acids is 1. The number of hydrogen-bond donors (Lipinski definition) is 3. The molecule has 0 saturated carbocycles. The van der Waals surface area contributed by atoms with Gasteiger partial charge >= 0.3 is 5.97 Å². The molecule has 0 fully saturated rings. The Bertz CT molecular complexity index is 790. The quantitative estimate of drug-likeness (QED) is 0.738. The molecule has 0 spiro atoms. The van der Waals surface area contributed by atoms with Gasteiger partial charge in [-0.2, -0.15) is 0 Å². The van der Waals surface area contributed by atoms with Gasteiger partial charge in [-0.3, -0.25) is 9.59 Å². The molecule has 2 amide bonds. The zero-order valence-corrected chi connectivity index (χ0v) is 14.2. The van der Waals surface area contributed by atoms with Crippen LogP contribution >= 0.6 is 11.6 Å². The monoisotopic (exact) mass is 360 g/mol. The predicted molar refractivity (Wildman–Crippen MR) is 94.8 cm³/mol. The van der Waals surface area contributed by atoms with E-state index in [1.54, 1.807) is 42.5 Å². The van der Waals surface area contributed by atoms with E-state index in [4.69, 9.17) is 11.6 Å². The molecule has 0 heterocycles. The number of carbonyl (C=O) groups is 3. The van der Waals surface area contributed by atoms with Crippen molar-refractivity contribution >= 4 is 35.1 Å². The van der Waals surface area contributed by atoms with Gasteiger partial charge in [-0.25, -0.2) is 4.79 Å². The lowest BCUT2D eigenvalue weighted by Crippen LogP contribution is -2.42. The van der Waals surface area contributed by atoms with Gasteiger partial charge in [0.15, 0.2) is 0 Å². The minimum Gasteiger partial charge on any atom is -0.480 e. The Morgan fingerprint density at radius 3 is 2.40 bits per heavy atom. The molecule has 6 nitrogen and oxygen atoms in total. The summed E-state index contributed by atoms with van der Waals surface area (Å²) in [6.45, 7) is 1.36. The highest BCUT2D eigenvalue weighted by atomic mass is 35.5. The van der Waals surface area contributed by atoms with E-state index >= 15 is 0 Å². The summed E-state index contributed by atoms with van der Waals surface area (Å²) in [5.41, 5.74) is 1.46. The fourth-order valence-corrected chi connectivity index (χ4v) is 2.37. The van der Waals surface area contributed by atoms with Gasteiger partial charge < -0.3 is 15.7 Å². The average molecular weight is 361 g/mol. The zero-order chi connectivity index (χ0) is 18.4. The first-order valence-electron chi connectivity index (χ1n) is 7.51. The number of nitrogens with one attached hydrogen (secondary N) is 2. The van der Waals surface area contributed by atoms with Gasteiger partial charge in [0.2, 0.25) is 5.91 Å². The molecule has 7 heteroatoms. The Hall–Kier alpha value is -2.86. The first-order chi connectivity index (χ1) is 11.8. The number of carboxylic acid groups (broad SMARTS) is 1. The second kappa shape index (κ2) is 8.30. The van der Waals surface area contributed by atoms with E-state index in [0.717, 1.165) is 5.56 Å². The van der Waals surface area contributed by atoms with Crippen molar-refractivity contribution in [1.82, 2.24) is 5.32 Å². The molecule has 0 aliphatic carbocycles. The third-order valence-electron chi connectivity index (χ3n) is 3.40. The Kier molecular flexibility index (Phi) is 6.14. The maximum Gasteiger partial charge on any atom is 0.326 e. The Morgan fingerprint density at radius 2 is 1.80 bits per heavy atom. The number of amides is 2.